The van der Waals surface area contributed by atoms with E-state index >= 15 is 0 Å². The van der Waals surface area contributed by atoms with Crippen LogP contribution in [0.5, 0.6) is 0 Å². The third-order valence-corrected chi connectivity index (χ3v) is 16.1. The first-order valence-corrected chi connectivity index (χ1v) is 27.9. The number of rotatable bonds is 9. The molecule has 0 saturated heterocycles. The van der Waals surface area contributed by atoms with E-state index in [0.29, 0.717) is 0 Å². The van der Waals surface area contributed by atoms with Gasteiger partial charge in [-0.1, -0.05) is 254 Å². The van der Waals surface area contributed by atoms with Crippen LogP contribution in [0.4, 0.5) is 28.4 Å². The number of hydrogen-bond acceptors (Lipinski definition) is 2. The van der Waals surface area contributed by atoms with Gasteiger partial charge in [0.25, 0.3) is 0 Å². The van der Waals surface area contributed by atoms with Crippen LogP contribution < -0.4 is 10.2 Å². The van der Waals surface area contributed by atoms with Crippen LogP contribution in [0.3, 0.4) is 0 Å². The summed E-state index contributed by atoms with van der Waals surface area (Å²) in [6.07, 6.45) is 6.24. The largest absolute Gasteiger partial charge is 0.356 e. The Morgan fingerprint density at radius 2 is 0.835 bits per heavy atom. The topological polar surface area (TPSA) is 15.3 Å². The van der Waals surface area contributed by atoms with Crippen LogP contribution in [0.15, 0.2) is 279 Å². The van der Waals surface area contributed by atoms with Gasteiger partial charge in [0.15, 0.2) is 0 Å². The van der Waals surface area contributed by atoms with Crippen molar-refractivity contribution in [3.8, 4) is 44.5 Å². The van der Waals surface area contributed by atoms with E-state index in [1.54, 1.807) is 0 Å². The van der Waals surface area contributed by atoms with Crippen LogP contribution >= 0.6 is 0 Å². The predicted octanol–water partition coefficient (Wildman–Crippen LogP) is 22.0. The molecule has 0 radical (unpaired) electrons. The minimum atomic E-state index is -0.0665. The maximum Gasteiger partial charge on any atom is 0.0465 e. The van der Waals surface area contributed by atoms with Gasteiger partial charge < -0.3 is 10.2 Å². The zero-order valence-corrected chi connectivity index (χ0v) is 46.6. The fraction of sp³-hybridized carbons (Fsp3) is 0.117. The maximum absolute atomic E-state index is 3.92. The second-order valence-corrected chi connectivity index (χ2v) is 21.4. The first-order chi connectivity index (χ1) is 38.6. The average molecular weight is 1020 g/mol. The lowest BCUT2D eigenvalue weighted by Crippen LogP contribution is -2.16. The molecule has 0 bridgehead atoms. The predicted molar refractivity (Wildman–Crippen MR) is 342 cm³/mol. The van der Waals surface area contributed by atoms with Gasteiger partial charge >= 0.3 is 0 Å². The summed E-state index contributed by atoms with van der Waals surface area (Å²) in [6, 6.07) is 90.0. The maximum atomic E-state index is 3.92. The zero-order chi connectivity index (χ0) is 54.7. The highest BCUT2D eigenvalue weighted by molar-refractivity contribution is 5.98. The van der Waals surface area contributed by atoms with Crippen molar-refractivity contribution >= 4 is 55.6 Å². The molecule has 0 atom stereocenters. The smallest absolute Gasteiger partial charge is 0.0465 e. The molecule has 0 aromatic heterocycles. The standard InChI is InChI=1S/C43H33N.C32H29N.C2H6/c1-43(2)41-18-9-8-16-39(41)40-28-27-36(29-42(40)43)44(34-23-19-31(20-24-34)30-11-4-3-5-12-30)35-25-21-33(22-26-35)38-17-10-14-32-13-6-7-15-37(32)38;1-5-10-28-29-20-19-25(21-31(29)32(3,4)30(28)6-2)33-24-17-15-23(16-18-24)27-14-9-12-22-11-7-8-13-26(22)27;1-2/h3-29H,1-2H3;5-21,33H,1H2,2-4H3;1-2H3/b;28-10-,30-6+;. The van der Waals surface area contributed by atoms with Gasteiger partial charge in [-0.15, -0.1) is 0 Å². The van der Waals surface area contributed by atoms with Crippen LogP contribution in [0.25, 0.3) is 71.6 Å². The van der Waals surface area contributed by atoms with Crippen LogP contribution in [0.1, 0.15) is 70.7 Å². The highest BCUT2D eigenvalue weighted by atomic mass is 15.1. The van der Waals surface area contributed by atoms with Crippen LogP contribution in [0, 0.1) is 0 Å². The summed E-state index contributed by atoms with van der Waals surface area (Å²) in [5.41, 5.74) is 23.6. The highest BCUT2D eigenvalue weighted by Gasteiger charge is 2.38. The Hall–Kier alpha value is -9.24. The quantitative estimate of drug-likeness (QED) is 0.155. The molecule has 0 spiro atoms. The molecule has 386 valence electrons. The monoisotopic (exact) mass is 1020 g/mol. The molecule has 0 amide bonds. The highest BCUT2D eigenvalue weighted by Crippen LogP contribution is 2.52. The number of anilines is 5. The Balaban J connectivity index is 0.000000169. The Labute approximate surface area is 468 Å². The lowest BCUT2D eigenvalue weighted by molar-refractivity contribution is 0.660. The van der Waals surface area contributed by atoms with Crippen molar-refractivity contribution in [2.45, 2.75) is 59.3 Å². The Morgan fingerprint density at radius 3 is 1.44 bits per heavy atom. The van der Waals surface area contributed by atoms with Crippen molar-refractivity contribution in [3.63, 3.8) is 0 Å². The van der Waals surface area contributed by atoms with Gasteiger partial charge in [-0.05, 0) is 167 Å². The van der Waals surface area contributed by atoms with Gasteiger partial charge in [0, 0.05) is 39.3 Å². The molecule has 2 aliphatic rings. The van der Waals surface area contributed by atoms with E-state index in [2.05, 4.69) is 312 Å². The molecular weight excluding hydrogens is 953 g/mol. The lowest BCUT2D eigenvalue weighted by Gasteiger charge is -2.28. The van der Waals surface area contributed by atoms with Crippen LogP contribution in [-0.2, 0) is 10.8 Å². The SMILES string of the molecule is C=C/C=C1\C(=C/C)C(C)(C)c2cc(Nc3ccc(-c4cccc5ccccc45)cc3)ccc21.CC.CC1(C)c2ccccc2-c2ccc(N(c3ccc(-c4ccccc4)cc3)c3ccc(-c4cccc5ccccc45)cc3)cc21. The van der Waals surface area contributed by atoms with Gasteiger partial charge in [-0.25, -0.2) is 0 Å². The van der Waals surface area contributed by atoms with Gasteiger partial charge in [-0.2, -0.15) is 0 Å². The summed E-state index contributed by atoms with van der Waals surface area (Å²) in [5, 5.41) is 8.69. The van der Waals surface area contributed by atoms with Gasteiger partial charge in [0.05, 0.1) is 0 Å². The van der Waals surface area contributed by atoms with Crippen molar-refractivity contribution in [1.29, 1.82) is 0 Å². The van der Waals surface area contributed by atoms with Gasteiger partial charge in [0.2, 0.25) is 0 Å². The summed E-state index contributed by atoms with van der Waals surface area (Å²) in [7, 11) is 0. The van der Waals surface area contributed by atoms with Gasteiger partial charge in [-0.3, -0.25) is 0 Å². The summed E-state index contributed by atoms with van der Waals surface area (Å²) in [4.78, 5) is 2.39. The summed E-state index contributed by atoms with van der Waals surface area (Å²) in [5.74, 6) is 0. The number of nitrogens with zero attached hydrogens (tertiary/aromatic N) is 1. The lowest BCUT2D eigenvalue weighted by atomic mass is 9.82. The van der Waals surface area contributed by atoms with Gasteiger partial charge in [0.1, 0.15) is 0 Å². The molecule has 0 unspecified atom stereocenters. The van der Waals surface area contributed by atoms with E-state index in [1.807, 2.05) is 19.9 Å². The van der Waals surface area contributed by atoms with E-state index < -0.39 is 0 Å². The van der Waals surface area contributed by atoms with Crippen molar-refractivity contribution in [2.75, 3.05) is 10.2 Å². The molecule has 13 rings (SSSR count). The summed E-state index contributed by atoms with van der Waals surface area (Å²) in [6.45, 7) is 19.3. The van der Waals surface area contributed by atoms with E-state index in [9.17, 15) is 0 Å². The summed E-state index contributed by atoms with van der Waals surface area (Å²) >= 11 is 0. The minimum Gasteiger partial charge on any atom is -0.356 e. The first kappa shape index (κ1) is 51.8. The number of benzene rings is 11. The van der Waals surface area contributed by atoms with E-state index in [1.165, 1.54) is 99.5 Å². The molecule has 0 heterocycles. The number of allylic oxidation sites excluding steroid dienone is 5. The molecular formula is C77H68N2. The number of nitrogens with one attached hydrogen (secondary N) is 1. The molecule has 0 saturated carbocycles. The molecule has 79 heavy (non-hydrogen) atoms. The second-order valence-electron chi connectivity index (χ2n) is 21.4. The molecule has 2 heteroatoms. The van der Waals surface area contributed by atoms with Crippen molar-refractivity contribution in [2.24, 2.45) is 0 Å². The van der Waals surface area contributed by atoms with E-state index in [-0.39, 0.29) is 10.8 Å². The molecule has 0 aliphatic heterocycles. The molecule has 1 N–H and O–H groups in total. The van der Waals surface area contributed by atoms with Crippen molar-refractivity contribution < 1.29 is 0 Å². The number of hydrogen-bond donors (Lipinski definition) is 1. The third-order valence-electron chi connectivity index (χ3n) is 16.1. The minimum absolute atomic E-state index is 0.0329. The third kappa shape index (κ3) is 9.81. The Bertz CT molecular complexity index is 4050. The molecule has 2 aliphatic carbocycles. The summed E-state index contributed by atoms with van der Waals surface area (Å²) < 4.78 is 0. The van der Waals surface area contributed by atoms with E-state index in [0.717, 1.165) is 28.4 Å². The Kier molecular flexibility index (Phi) is 14.4. The number of fused-ring (bicyclic) bond motifs is 6. The fourth-order valence-electron chi connectivity index (χ4n) is 12.2. The molecule has 2 nitrogen and oxygen atoms in total. The van der Waals surface area contributed by atoms with E-state index in [4.69, 9.17) is 0 Å². The Morgan fingerprint density at radius 1 is 0.380 bits per heavy atom. The van der Waals surface area contributed by atoms with Crippen LogP contribution in [-0.4, -0.2) is 0 Å². The second kappa shape index (κ2) is 22.0. The first-order valence-electron chi connectivity index (χ1n) is 27.9. The molecule has 11 aromatic carbocycles. The molecule has 0 fully saturated rings. The molecule has 11 aromatic rings. The van der Waals surface area contributed by atoms with Crippen LogP contribution in [0.2, 0.25) is 0 Å². The van der Waals surface area contributed by atoms with Crippen molar-refractivity contribution in [1.82, 2.24) is 0 Å². The normalized spacial score (nSPS) is 14.3. The zero-order valence-electron chi connectivity index (χ0n) is 46.6. The average Bonchev–Trinajstić information content (AvgIpc) is 4.13. The van der Waals surface area contributed by atoms with Crippen molar-refractivity contribution in [3.05, 3.63) is 301 Å². The fourth-order valence-corrected chi connectivity index (χ4v) is 12.2.